The van der Waals surface area contributed by atoms with Gasteiger partial charge in [0.25, 0.3) is 3.36 Å². The van der Waals surface area contributed by atoms with Gasteiger partial charge in [0.2, 0.25) is 0 Å². The number of amides is 1. The Balaban J connectivity index is 4.60. The Morgan fingerprint density at radius 1 is 1.50 bits per heavy atom. The number of alkyl halides is 2. The summed E-state index contributed by atoms with van der Waals surface area (Å²) in [6.45, 7) is 0. The molecule has 7 heteroatoms. The molecule has 0 fully saturated rings. The first kappa shape index (κ1) is 12.2. The lowest BCUT2D eigenvalue weighted by molar-refractivity contribution is -0.142. The number of ether oxygens (including phenoxy) is 1. The summed E-state index contributed by atoms with van der Waals surface area (Å²) < 4.78 is 3.01. The number of carbonyl (C=O) groups excluding carboxylic acids is 2. The number of halogens is 3. The van der Waals surface area contributed by atoms with Crippen LogP contribution in [0.2, 0.25) is 0 Å². The summed E-state index contributed by atoms with van der Waals surface area (Å²) in [5.74, 6) is -0.668. The van der Waals surface area contributed by atoms with Gasteiger partial charge in [-0.1, -0.05) is 0 Å². The zero-order valence-corrected chi connectivity index (χ0v) is 10.2. The highest BCUT2D eigenvalue weighted by Gasteiger charge is 2.40. The molecule has 70 valence electrons. The van der Waals surface area contributed by atoms with Gasteiger partial charge in [-0.2, -0.15) is 0 Å². The molecule has 0 N–H and O–H groups in total. The van der Waals surface area contributed by atoms with Crippen molar-refractivity contribution in [2.75, 3.05) is 14.2 Å². The molecule has 0 aliphatic rings. The van der Waals surface area contributed by atoms with Crippen LogP contribution >= 0.6 is 43.5 Å². The maximum Gasteiger partial charge on any atom is 0.354 e. The van der Waals surface area contributed by atoms with Crippen molar-refractivity contribution in [3.63, 3.8) is 0 Å². The van der Waals surface area contributed by atoms with Gasteiger partial charge in [-0.3, -0.25) is 9.69 Å². The predicted octanol–water partition coefficient (Wildman–Crippen LogP) is 1.89. The second-order valence-electron chi connectivity index (χ2n) is 1.84. The van der Waals surface area contributed by atoms with Crippen LogP contribution in [0.5, 0.6) is 0 Å². The van der Waals surface area contributed by atoms with Crippen LogP contribution in [0.15, 0.2) is 0 Å². The molecule has 1 amide bonds. The van der Waals surface area contributed by atoms with Gasteiger partial charge in [-0.15, -0.1) is 0 Å². The minimum Gasteiger partial charge on any atom is -0.466 e. The Kier molecular flexibility index (Phi) is 4.50. The van der Waals surface area contributed by atoms with E-state index in [-0.39, 0.29) is 0 Å². The van der Waals surface area contributed by atoms with E-state index in [0.717, 1.165) is 4.90 Å². The number of likely N-dealkylation sites (N-methyl/N-ethyl adjacent to an activating group) is 1. The quantitative estimate of drug-likeness (QED) is 0.337. The Labute approximate surface area is 91.4 Å². The lowest BCUT2D eigenvalue weighted by atomic mass is 10.6. The van der Waals surface area contributed by atoms with E-state index in [1.807, 2.05) is 0 Å². The Morgan fingerprint density at radius 2 is 1.92 bits per heavy atom. The standard InChI is InChI=1S/C5H6Br2ClNO3/c1-9(4(8)11)5(6,7)3(10)12-2/h1-2H3. The van der Waals surface area contributed by atoms with Crippen LogP contribution in [0.4, 0.5) is 4.79 Å². The largest absolute Gasteiger partial charge is 0.466 e. The SMILES string of the molecule is COC(=O)C(Br)(Br)N(C)C(=O)Cl. The van der Waals surface area contributed by atoms with E-state index in [2.05, 4.69) is 36.6 Å². The van der Waals surface area contributed by atoms with E-state index in [0.29, 0.717) is 0 Å². The first-order valence-electron chi connectivity index (χ1n) is 2.73. The molecule has 12 heavy (non-hydrogen) atoms. The minimum atomic E-state index is -1.40. The smallest absolute Gasteiger partial charge is 0.354 e. The lowest BCUT2D eigenvalue weighted by Crippen LogP contribution is -2.44. The lowest BCUT2D eigenvalue weighted by Gasteiger charge is -2.26. The molecule has 0 aliphatic carbocycles. The third-order valence-electron chi connectivity index (χ3n) is 1.12. The van der Waals surface area contributed by atoms with Crippen molar-refractivity contribution in [3.05, 3.63) is 0 Å². The predicted molar refractivity (Wildman–Crippen MR) is 51.6 cm³/mol. The number of nitrogens with zero attached hydrogens (tertiary/aromatic N) is 1. The summed E-state index contributed by atoms with van der Waals surface area (Å²) in [4.78, 5) is 22.6. The zero-order chi connectivity index (χ0) is 9.94. The molecule has 0 aromatic rings. The summed E-state index contributed by atoms with van der Waals surface area (Å²) in [6.07, 6.45) is 0. The van der Waals surface area contributed by atoms with Crippen LogP contribution in [-0.4, -0.2) is 33.8 Å². The van der Waals surface area contributed by atoms with Crippen molar-refractivity contribution in [2.24, 2.45) is 0 Å². The van der Waals surface area contributed by atoms with Crippen molar-refractivity contribution >= 4 is 54.8 Å². The van der Waals surface area contributed by atoms with Gasteiger partial charge in [-0.25, -0.2) is 4.79 Å². The molecule has 0 unspecified atom stereocenters. The molecule has 0 aliphatic heterocycles. The number of rotatable bonds is 2. The van der Waals surface area contributed by atoms with E-state index in [1.165, 1.54) is 14.2 Å². The molecule has 0 bridgehead atoms. The maximum absolute atomic E-state index is 11.0. The average molecular weight is 323 g/mol. The third kappa shape index (κ3) is 2.60. The Hall–Kier alpha value is 0.190. The Morgan fingerprint density at radius 3 is 2.17 bits per heavy atom. The van der Waals surface area contributed by atoms with Gasteiger partial charge >= 0.3 is 11.3 Å². The second kappa shape index (κ2) is 4.43. The average Bonchev–Trinajstić information content (AvgIpc) is 2.01. The second-order valence-corrected chi connectivity index (χ2v) is 5.53. The summed E-state index contributed by atoms with van der Waals surface area (Å²) in [5, 5.41) is -0.783. The van der Waals surface area contributed by atoms with E-state index >= 15 is 0 Å². The Bertz CT molecular complexity index is 209. The molecule has 0 rings (SSSR count). The third-order valence-corrected chi connectivity index (χ3v) is 3.08. The fourth-order valence-corrected chi connectivity index (χ4v) is 1.35. The minimum absolute atomic E-state index is 0.668. The molecule has 0 aromatic heterocycles. The number of carbonyl (C=O) groups is 2. The van der Waals surface area contributed by atoms with Crippen molar-refractivity contribution < 1.29 is 14.3 Å². The summed E-state index contributed by atoms with van der Waals surface area (Å²) >= 11 is 11.0. The van der Waals surface area contributed by atoms with Gasteiger partial charge < -0.3 is 4.74 Å². The van der Waals surface area contributed by atoms with Crippen LogP contribution in [-0.2, 0) is 9.53 Å². The van der Waals surface area contributed by atoms with Gasteiger partial charge in [0.05, 0.1) is 7.11 Å². The van der Waals surface area contributed by atoms with Crippen molar-refractivity contribution in [2.45, 2.75) is 3.36 Å². The van der Waals surface area contributed by atoms with Crippen molar-refractivity contribution in [3.8, 4) is 0 Å². The van der Waals surface area contributed by atoms with Gasteiger partial charge in [-0.05, 0) is 43.5 Å². The highest BCUT2D eigenvalue weighted by atomic mass is 79.9. The van der Waals surface area contributed by atoms with Crippen molar-refractivity contribution in [1.29, 1.82) is 0 Å². The van der Waals surface area contributed by atoms with Gasteiger partial charge in [0, 0.05) is 7.05 Å². The number of hydrogen-bond acceptors (Lipinski definition) is 3. The molecule has 0 heterocycles. The summed E-state index contributed by atoms with van der Waals surface area (Å²) in [7, 11) is 2.54. The molecular formula is C5H6Br2ClNO3. The van der Waals surface area contributed by atoms with Crippen LogP contribution < -0.4 is 0 Å². The van der Waals surface area contributed by atoms with E-state index in [4.69, 9.17) is 11.6 Å². The molecule has 0 radical (unpaired) electrons. The summed E-state index contributed by atoms with van der Waals surface area (Å²) in [6, 6.07) is 0. The molecule has 0 atom stereocenters. The number of esters is 1. The highest BCUT2D eigenvalue weighted by molar-refractivity contribution is 9.25. The van der Waals surface area contributed by atoms with E-state index < -0.39 is 14.7 Å². The van der Waals surface area contributed by atoms with E-state index in [9.17, 15) is 9.59 Å². The van der Waals surface area contributed by atoms with Crippen LogP contribution in [0, 0.1) is 0 Å². The van der Waals surface area contributed by atoms with Crippen LogP contribution in [0.3, 0.4) is 0 Å². The van der Waals surface area contributed by atoms with Crippen molar-refractivity contribution in [1.82, 2.24) is 4.90 Å². The van der Waals surface area contributed by atoms with E-state index in [1.54, 1.807) is 0 Å². The normalized spacial score (nSPS) is 10.8. The first-order valence-corrected chi connectivity index (χ1v) is 4.70. The molecule has 4 nitrogen and oxygen atoms in total. The summed E-state index contributed by atoms with van der Waals surface area (Å²) in [5.41, 5.74) is 0. The maximum atomic E-state index is 11.0. The zero-order valence-electron chi connectivity index (χ0n) is 6.31. The molecule has 0 saturated carbocycles. The topological polar surface area (TPSA) is 46.6 Å². The monoisotopic (exact) mass is 321 g/mol. The van der Waals surface area contributed by atoms with Gasteiger partial charge in [0.15, 0.2) is 0 Å². The molecular weight excluding hydrogens is 317 g/mol. The molecule has 0 spiro atoms. The van der Waals surface area contributed by atoms with Crippen LogP contribution in [0.1, 0.15) is 0 Å². The van der Waals surface area contributed by atoms with Crippen LogP contribution in [0.25, 0.3) is 0 Å². The van der Waals surface area contributed by atoms with Gasteiger partial charge in [0.1, 0.15) is 0 Å². The molecule has 0 saturated heterocycles. The number of methoxy groups -OCH3 is 1. The fraction of sp³-hybridized carbons (Fsp3) is 0.600. The fourth-order valence-electron chi connectivity index (χ4n) is 0.370. The highest BCUT2D eigenvalue weighted by Crippen LogP contribution is 2.31. The first-order chi connectivity index (χ1) is 5.34. The number of hydrogen-bond donors (Lipinski definition) is 0. The molecule has 0 aromatic carbocycles.